The van der Waals surface area contributed by atoms with Gasteiger partial charge in [0, 0.05) is 16.9 Å². The topological polar surface area (TPSA) is 66.4 Å². The molecule has 7 heteroatoms. The van der Waals surface area contributed by atoms with Gasteiger partial charge in [-0.1, -0.05) is 71.7 Å². The molecule has 0 fully saturated rings. The van der Waals surface area contributed by atoms with Gasteiger partial charge in [0.2, 0.25) is 10.0 Å². The third-order valence-electron chi connectivity index (χ3n) is 5.88. The molecule has 0 amide bonds. The van der Waals surface area contributed by atoms with Gasteiger partial charge in [-0.05, 0) is 40.5 Å². The van der Waals surface area contributed by atoms with E-state index in [0.717, 1.165) is 22.3 Å². The van der Waals surface area contributed by atoms with E-state index in [-0.39, 0.29) is 21.8 Å². The summed E-state index contributed by atoms with van der Waals surface area (Å²) in [5.74, 6) is -0.580. The molecule has 6 rings (SSSR count). The largest absolute Gasteiger partial charge is 0.390 e. The number of sulfonamides is 1. The predicted molar refractivity (Wildman–Crippen MR) is 113 cm³/mol. The molecule has 4 nitrogen and oxygen atoms in total. The lowest BCUT2D eigenvalue weighted by atomic mass is 9.60. The molecule has 2 atom stereocenters. The van der Waals surface area contributed by atoms with Crippen molar-refractivity contribution in [1.82, 2.24) is 4.72 Å². The van der Waals surface area contributed by atoms with Crippen molar-refractivity contribution in [1.29, 1.82) is 0 Å². The lowest BCUT2D eigenvalue weighted by molar-refractivity contribution is 0.0946. The molecule has 2 N–H and O–H groups in total. The SMILES string of the molecule is O=S(=O)(NC1C2c3ccccc3C(c3ccccc32)C1O)c1ccc(Cl)cc1Cl. The fourth-order valence-electron chi connectivity index (χ4n) is 4.72. The summed E-state index contributed by atoms with van der Waals surface area (Å²) in [6.07, 6.45) is -0.898. The molecule has 0 aliphatic heterocycles. The Kier molecular flexibility index (Phi) is 4.49. The zero-order chi connectivity index (χ0) is 20.3. The number of hydrogen-bond acceptors (Lipinski definition) is 3. The highest BCUT2D eigenvalue weighted by atomic mass is 35.5. The van der Waals surface area contributed by atoms with Crippen molar-refractivity contribution in [2.24, 2.45) is 0 Å². The van der Waals surface area contributed by atoms with Crippen molar-refractivity contribution in [3.05, 3.63) is 99.0 Å². The fourth-order valence-corrected chi connectivity index (χ4v) is 6.76. The fraction of sp³-hybridized carbons (Fsp3) is 0.182. The molecule has 2 bridgehead atoms. The molecule has 0 radical (unpaired) electrons. The third kappa shape index (κ3) is 2.92. The Hall–Kier alpha value is -1.89. The zero-order valence-electron chi connectivity index (χ0n) is 15.1. The van der Waals surface area contributed by atoms with E-state index in [2.05, 4.69) is 4.72 Å². The van der Waals surface area contributed by atoms with Crippen LogP contribution in [0.1, 0.15) is 34.1 Å². The number of halogens is 2. The van der Waals surface area contributed by atoms with E-state index in [9.17, 15) is 13.5 Å². The van der Waals surface area contributed by atoms with Crippen LogP contribution in [0.2, 0.25) is 10.0 Å². The number of nitrogens with one attached hydrogen (secondary N) is 1. The highest BCUT2D eigenvalue weighted by Crippen LogP contribution is 2.53. The van der Waals surface area contributed by atoms with Gasteiger partial charge >= 0.3 is 0 Å². The van der Waals surface area contributed by atoms with Crippen LogP contribution in [-0.2, 0) is 10.0 Å². The molecular weight excluding hydrogens is 429 g/mol. The molecule has 3 aromatic rings. The molecule has 0 saturated heterocycles. The predicted octanol–water partition coefficient (Wildman–Crippen LogP) is 4.29. The maximum atomic E-state index is 13.1. The smallest absolute Gasteiger partial charge is 0.242 e. The molecule has 3 aliphatic rings. The average Bonchev–Trinajstić information content (AvgIpc) is 2.69. The molecule has 0 spiro atoms. The van der Waals surface area contributed by atoms with Crippen LogP contribution < -0.4 is 4.72 Å². The van der Waals surface area contributed by atoms with Crippen LogP contribution >= 0.6 is 23.2 Å². The van der Waals surface area contributed by atoms with Crippen LogP contribution in [0.4, 0.5) is 0 Å². The highest BCUT2D eigenvalue weighted by molar-refractivity contribution is 7.89. The first-order valence-electron chi connectivity index (χ1n) is 9.21. The molecule has 0 aromatic heterocycles. The Morgan fingerprint density at radius 3 is 1.83 bits per heavy atom. The van der Waals surface area contributed by atoms with Crippen LogP contribution in [0, 0.1) is 0 Å². The van der Waals surface area contributed by atoms with E-state index >= 15 is 0 Å². The van der Waals surface area contributed by atoms with Gasteiger partial charge in [-0.2, -0.15) is 0 Å². The maximum absolute atomic E-state index is 13.1. The zero-order valence-corrected chi connectivity index (χ0v) is 17.4. The third-order valence-corrected chi connectivity index (χ3v) is 8.05. The van der Waals surface area contributed by atoms with E-state index < -0.39 is 22.2 Å². The molecular formula is C22H17Cl2NO3S. The molecule has 3 aromatic carbocycles. The number of benzene rings is 3. The first kappa shape index (κ1) is 19.1. The summed E-state index contributed by atoms with van der Waals surface area (Å²) in [5, 5.41) is 11.6. The molecule has 0 heterocycles. The number of hydrogen-bond donors (Lipinski definition) is 2. The summed E-state index contributed by atoms with van der Waals surface area (Å²) in [6, 6.07) is 19.3. The van der Waals surface area contributed by atoms with Gasteiger partial charge in [-0.3, -0.25) is 0 Å². The van der Waals surface area contributed by atoms with E-state index in [1.807, 2.05) is 48.5 Å². The Bertz CT molecular complexity index is 1180. The summed E-state index contributed by atoms with van der Waals surface area (Å²) >= 11 is 12.0. The normalized spacial score (nSPS) is 24.8. The van der Waals surface area contributed by atoms with Crippen LogP contribution in [0.25, 0.3) is 0 Å². The Labute approximate surface area is 179 Å². The Balaban J connectivity index is 1.62. The second-order valence-electron chi connectivity index (χ2n) is 7.43. The second kappa shape index (κ2) is 6.83. The van der Waals surface area contributed by atoms with Gasteiger partial charge in [0.25, 0.3) is 0 Å². The summed E-state index contributed by atoms with van der Waals surface area (Å²) in [5.41, 5.74) is 4.17. The second-order valence-corrected chi connectivity index (χ2v) is 9.95. The van der Waals surface area contributed by atoms with Crippen LogP contribution in [0.3, 0.4) is 0 Å². The molecule has 0 saturated carbocycles. The van der Waals surface area contributed by atoms with Gasteiger partial charge in [0.1, 0.15) is 4.90 Å². The molecule has 29 heavy (non-hydrogen) atoms. The van der Waals surface area contributed by atoms with Crippen molar-refractivity contribution in [2.45, 2.75) is 28.9 Å². The number of aliphatic hydroxyl groups is 1. The van der Waals surface area contributed by atoms with E-state index in [4.69, 9.17) is 23.2 Å². The van der Waals surface area contributed by atoms with E-state index in [0.29, 0.717) is 5.02 Å². The van der Waals surface area contributed by atoms with Crippen LogP contribution in [-0.4, -0.2) is 25.7 Å². The Morgan fingerprint density at radius 1 is 0.793 bits per heavy atom. The first-order valence-corrected chi connectivity index (χ1v) is 11.5. The summed E-state index contributed by atoms with van der Waals surface area (Å²) in [6.45, 7) is 0. The summed E-state index contributed by atoms with van der Waals surface area (Å²) in [4.78, 5) is -0.0567. The van der Waals surface area contributed by atoms with Gasteiger partial charge < -0.3 is 5.11 Å². The highest BCUT2D eigenvalue weighted by Gasteiger charge is 2.50. The molecule has 148 valence electrons. The minimum absolute atomic E-state index is 0.0428. The van der Waals surface area contributed by atoms with Crippen molar-refractivity contribution in [3.8, 4) is 0 Å². The van der Waals surface area contributed by atoms with Crippen molar-refractivity contribution in [2.75, 3.05) is 0 Å². The van der Waals surface area contributed by atoms with Crippen molar-refractivity contribution >= 4 is 33.2 Å². The lowest BCUT2D eigenvalue weighted by Gasteiger charge is -2.48. The molecule has 2 unspecified atom stereocenters. The quantitative estimate of drug-likeness (QED) is 0.631. The summed E-state index contributed by atoms with van der Waals surface area (Å²) in [7, 11) is -3.97. The first-order chi connectivity index (χ1) is 13.9. The van der Waals surface area contributed by atoms with Crippen LogP contribution in [0.5, 0.6) is 0 Å². The standard InChI is InChI=1S/C22H17Cl2NO3S/c23-12-9-10-18(17(24)11-12)29(27,28)25-21-19-13-5-1-3-7-15(13)20(22(21)26)16-8-4-2-6-14(16)19/h1-11,19-22,25-26H. The van der Waals surface area contributed by atoms with Gasteiger partial charge in [-0.15, -0.1) is 0 Å². The van der Waals surface area contributed by atoms with E-state index in [1.54, 1.807) is 0 Å². The van der Waals surface area contributed by atoms with Gasteiger partial charge in [-0.25, -0.2) is 13.1 Å². The minimum Gasteiger partial charge on any atom is -0.390 e. The monoisotopic (exact) mass is 445 g/mol. The van der Waals surface area contributed by atoms with Crippen molar-refractivity contribution < 1.29 is 13.5 Å². The average molecular weight is 446 g/mol. The number of fused-ring (bicyclic) bond motifs is 1. The minimum atomic E-state index is -3.97. The van der Waals surface area contributed by atoms with E-state index in [1.165, 1.54) is 18.2 Å². The summed E-state index contributed by atoms with van der Waals surface area (Å²) < 4.78 is 29.0. The number of aliphatic hydroxyl groups excluding tert-OH is 1. The van der Waals surface area contributed by atoms with Crippen LogP contribution in [0.15, 0.2) is 71.6 Å². The molecule has 3 aliphatic carbocycles. The lowest BCUT2D eigenvalue weighted by Crippen LogP contribution is -2.55. The van der Waals surface area contributed by atoms with Gasteiger partial charge in [0.15, 0.2) is 0 Å². The maximum Gasteiger partial charge on any atom is 0.242 e. The Morgan fingerprint density at radius 2 is 1.31 bits per heavy atom. The van der Waals surface area contributed by atoms with Crippen molar-refractivity contribution in [3.63, 3.8) is 0 Å². The van der Waals surface area contributed by atoms with Gasteiger partial charge in [0.05, 0.1) is 17.2 Å². The number of rotatable bonds is 3.